The molecule has 1 aromatic carbocycles. The number of likely N-dealkylation sites (tertiary alicyclic amines) is 1. The van der Waals surface area contributed by atoms with E-state index in [9.17, 15) is 26.7 Å². The first-order valence-corrected chi connectivity index (χ1v) is 11.9. The van der Waals surface area contributed by atoms with Gasteiger partial charge in [0.15, 0.2) is 0 Å². The van der Waals surface area contributed by atoms with Gasteiger partial charge in [-0.15, -0.1) is 0 Å². The molecule has 1 N–H and O–H groups in total. The predicted molar refractivity (Wildman–Crippen MR) is 123 cm³/mol. The molecule has 2 amide bonds. The fourth-order valence-corrected chi connectivity index (χ4v) is 4.91. The molecule has 2 aliphatic heterocycles. The molecule has 0 aliphatic carbocycles. The number of anilines is 1. The van der Waals surface area contributed by atoms with E-state index >= 15 is 0 Å². The quantitative estimate of drug-likeness (QED) is 0.627. The number of urea groups is 1. The fourth-order valence-electron chi connectivity index (χ4n) is 4.91. The highest BCUT2D eigenvalue weighted by Gasteiger charge is 2.36. The summed E-state index contributed by atoms with van der Waals surface area (Å²) in [6, 6.07) is 3.13. The second-order valence-electron chi connectivity index (χ2n) is 9.48. The van der Waals surface area contributed by atoms with Crippen LogP contribution in [0.2, 0.25) is 0 Å². The predicted octanol–water partition coefficient (Wildman–Crippen LogP) is 4.05. The number of alkyl halides is 3. The maximum atomic E-state index is 13.9. The Morgan fingerprint density at radius 1 is 1.03 bits per heavy atom. The van der Waals surface area contributed by atoms with Gasteiger partial charge in [0.1, 0.15) is 11.6 Å². The van der Waals surface area contributed by atoms with Crippen LogP contribution in [-0.4, -0.2) is 70.1 Å². The summed E-state index contributed by atoms with van der Waals surface area (Å²) < 4.78 is 66.3. The number of carbonyl (C=O) groups excluding carboxylic acids is 1. The normalized spacial score (nSPS) is 22.1. The van der Waals surface area contributed by atoms with Gasteiger partial charge in [-0.05, 0) is 38.8 Å². The third kappa shape index (κ3) is 5.85. The molecular formula is C24H29F5N6O. The van der Waals surface area contributed by atoms with Crippen molar-refractivity contribution in [1.82, 2.24) is 25.1 Å². The van der Waals surface area contributed by atoms with Gasteiger partial charge in [0.2, 0.25) is 5.95 Å². The van der Waals surface area contributed by atoms with E-state index in [0.717, 1.165) is 12.4 Å². The molecule has 0 spiro atoms. The molecular weight excluding hydrogens is 483 g/mol. The molecule has 2 aliphatic rings. The van der Waals surface area contributed by atoms with Crippen LogP contribution in [0, 0.1) is 11.6 Å². The van der Waals surface area contributed by atoms with Gasteiger partial charge in [-0.25, -0.2) is 23.5 Å². The number of hydrogen-bond acceptors (Lipinski definition) is 5. The Morgan fingerprint density at radius 3 is 2.11 bits per heavy atom. The van der Waals surface area contributed by atoms with Gasteiger partial charge in [-0.2, -0.15) is 13.2 Å². The fraction of sp³-hybridized carbons (Fsp3) is 0.542. The summed E-state index contributed by atoms with van der Waals surface area (Å²) in [7, 11) is 0. The van der Waals surface area contributed by atoms with Crippen molar-refractivity contribution in [1.29, 1.82) is 0 Å². The van der Waals surface area contributed by atoms with Crippen LogP contribution in [0.5, 0.6) is 0 Å². The van der Waals surface area contributed by atoms with E-state index in [4.69, 9.17) is 0 Å². The smallest absolute Gasteiger partial charge is 0.337 e. The molecule has 7 nitrogen and oxygen atoms in total. The second kappa shape index (κ2) is 10.5. The van der Waals surface area contributed by atoms with Crippen LogP contribution in [0.25, 0.3) is 0 Å². The highest BCUT2D eigenvalue weighted by molar-refractivity contribution is 5.75. The van der Waals surface area contributed by atoms with Crippen molar-refractivity contribution in [2.75, 3.05) is 31.1 Å². The number of nitrogens with one attached hydrogen (secondary N) is 1. The molecule has 2 saturated heterocycles. The lowest BCUT2D eigenvalue weighted by molar-refractivity contribution is -0.138. The van der Waals surface area contributed by atoms with Gasteiger partial charge >= 0.3 is 12.2 Å². The van der Waals surface area contributed by atoms with Crippen molar-refractivity contribution >= 4 is 12.0 Å². The van der Waals surface area contributed by atoms with E-state index in [0.29, 0.717) is 39.0 Å². The molecule has 2 fully saturated rings. The number of nitrogens with zero attached hydrogens (tertiary/aromatic N) is 5. The van der Waals surface area contributed by atoms with Crippen LogP contribution in [0.4, 0.5) is 32.7 Å². The first-order valence-electron chi connectivity index (χ1n) is 11.9. The standard InChI is InChI=1S/C24H29F5N6O/c1-15-12-34(22-30-10-17(11-31-22)24(27,28)29)13-16(2)35(15)23(36)32-18-6-8-33(9-7-18)14-19-20(25)4-3-5-21(19)26/h3-5,10-11,15-16,18H,6-9,12-14H2,1-2H3,(H,32,36)/t15-,16+. The van der Waals surface area contributed by atoms with Crippen molar-refractivity contribution < 1.29 is 26.7 Å². The third-order valence-corrected chi connectivity index (χ3v) is 6.76. The lowest BCUT2D eigenvalue weighted by Gasteiger charge is -2.45. The minimum Gasteiger partial charge on any atom is -0.337 e. The minimum atomic E-state index is -4.50. The van der Waals surface area contributed by atoms with Crippen molar-refractivity contribution in [3.8, 4) is 0 Å². The van der Waals surface area contributed by atoms with Crippen LogP contribution in [-0.2, 0) is 12.7 Å². The van der Waals surface area contributed by atoms with Gasteiger partial charge in [0.05, 0.1) is 5.56 Å². The van der Waals surface area contributed by atoms with Crippen molar-refractivity contribution in [3.05, 3.63) is 53.4 Å². The summed E-state index contributed by atoms with van der Waals surface area (Å²) in [5.41, 5.74) is -0.854. The average molecular weight is 513 g/mol. The number of aromatic nitrogens is 2. The Bertz CT molecular complexity index is 1030. The zero-order chi connectivity index (χ0) is 26.0. The molecule has 3 heterocycles. The molecule has 36 heavy (non-hydrogen) atoms. The van der Waals surface area contributed by atoms with Gasteiger partial charge in [-0.3, -0.25) is 4.90 Å². The van der Waals surface area contributed by atoms with E-state index in [1.807, 2.05) is 18.7 Å². The largest absolute Gasteiger partial charge is 0.419 e. The number of halogens is 5. The maximum Gasteiger partial charge on any atom is 0.419 e. The first kappa shape index (κ1) is 26.1. The molecule has 0 bridgehead atoms. The van der Waals surface area contributed by atoms with Gasteiger partial charge in [0.25, 0.3) is 0 Å². The Kier molecular flexibility index (Phi) is 7.62. The zero-order valence-corrected chi connectivity index (χ0v) is 20.1. The van der Waals surface area contributed by atoms with Crippen molar-refractivity contribution in [2.45, 2.75) is 57.5 Å². The Hall–Kier alpha value is -3.02. The van der Waals surface area contributed by atoms with Gasteiger partial charge in [0, 0.05) is 68.8 Å². The van der Waals surface area contributed by atoms with E-state index in [2.05, 4.69) is 15.3 Å². The lowest BCUT2D eigenvalue weighted by Crippen LogP contribution is -2.62. The zero-order valence-electron chi connectivity index (χ0n) is 20.1. The molecule has 2 aromatic rings. The highest BCUT2D eigenvalue weighted by atomic mass is 19.4. The highest BCUT2D eigenvalue weighted by Crippen LogP contribution is 2.29. The number of piperazine rings is 1. The van der Waals surface area contributed by atoms with Gasteiger partial charge < -0.3 is 15.1 Å². The molecule has 0 unspecified atom stereocenters. The van der Waals surface area contributed by atoms with Crippen molar-refractivity contribution in [2.24, 2.45) is 0 Å². The Morgan fingerprint density at radius 2 is 1.58 bits per heavy atom. The molecule has 4 rings (SSSR count). The van der Waals surface area contributed by atoms with Crippen LogP contribution >= 0.6 is 0 Å². The van der Waals surface area contributed by atoms with Crippen LogP contribution in [0.1, 0.15) is 37.8 Å². The van der Waals surface area contributed by atoms with E-state index in [1.165, 1.54) is 18.2 Å². The number of piperidine rings is 1. The average Bonchev–Trinajstić information content (AvgIpc) is 2.81. The van der Waals surface area contributed by atoms with Crippen molar-refractivity contribution in [3.63, 3.8) is 0 Å². The first-order chi connectivity index (χ1) is 17.0. The molecule has 12 heteroatoms. The SMILES string of the molecule is C[C@@H]1CN(c2ncc(C(F)(F)F)cn2)C[C@H](C)N1C(=O)NC1CCN(Cc2c(F)cccc2F)CC1. The number of benzene rings is 1. The van der Waals surface area contributed by atoms with Gasteiger partial charge in [-0.1, -0.05) is 6.07 Å². The maximum absolute atomic E-state index is 13.9. The topological polar surface area (TPSA) is 64.6 Å². The molecule has 196 valence electrons. The molecule has 2 atom stereocenters. The summed E-state index contributed by atoms with van der Waals surface area (Å²) in [5.74, 6) is -0.927. The van der Waals surface area contributed by atoms with E-state index < -0.39 is 23.4 Å². The number of rotatable bonds is 4. The summed E-state index contributed by atoms with van der Waals surface area (Å²) in [6.45, 7) is 5.90. The molecule has 1 aromatic heterocycles. The lowest BCUT2D eigenvalue weighted by atomic mass is 10.0. The summed E-state index contributed by atoms with van der Waals surface area (Å²) in [5, 5.41) is 3.07. The van der Waals surface area contributed by atoms with E-state index in [1.54, 1.807) is 9.80 Å². The summed E-state index contributed by atoms with van der Waals surface area (Å²) >= 11 is 0. The third-order valence-electron chi connectivity index (χ3n) is 6.76. The van der Waals surface area contributed by atoms with Crippen LogP contribution in [0.3, 0.4) is 0 Å². The Balaban J connectivity index is 1.29. The molecule has 0 radical (unpaired) electrons. The van der Waals surface area contributed by atoms with Crippen LogP contribution < -0.4 is 10.2 Å². The number of amides is 2. The summed E-state index contributed by atoms with van der Waals surface area (Å²) in [6.07, 6.45) is -1.65. The summed E-state index contributed by atoms with van der Waals surface area (Å²) in [4.78, 5) is 26.3. The molecule has 0 saturated carbocycles. The minimum absolute atomic E-state index is 0.0533. The van der Waals surface area contributed by atoms with E-state index in [-0.39, 0.29) is 42.2 Å². The second-order valence-corrected chi connectivity index (χ2v) is 9.48. The van der Waals surface area contributed by atoms with Crippen LogP contribution in [0.15, 0.2) is 30.6 Å². The number of hydrogen-bond donors (Lipinski definition) is 1. The number of carbonyl (C=O) groups is 1. The monoisotopic (exact) mass is 512 g/mol. The Labute approximate surface area is 206 Å².